The lowest BCUT2D eigenvalue weighted by atomic mass is 9.73. The van der Waals surface area contributed by atoms with Crippen LogP contribution in [0, 0.1) is 5.92 Å². The Morgan fingerprint density at radius 2 is 2.16 bits per heavy atom. The molecule has 0 saturated carbocycles. The van der Waals surface area contributed by atoms with Crippen molar-refractivity contribution in [1.29, 1.82) is 0 Å². The van der Waals surface area contributed by atoms with Crippen LogP contribution in [-0.2, 0) is 16.1 Å². The van der Waals surface area contributed by atoms with Crippen molar-refractivity contribution in [3.63, 3.8) is 0 Å². The molecule has 2 amide bonds. The number of hydrogen-bond acceptors (Lipinski definition) is 4. The van der Waals surface area contributed by atoms with E-state index >= 15 is 0 Å². The second-order valence-electron chi connectivity index (χ2n) is 6.76. The van der Waals surface area contributed by atoms with Gasteiger partial charge in [0.15, 0.2) is 5.72 Å². The number of ether oxygens (including phenoxy) is 1. The highest BCUT2D eigenvalue weighted by atomic mass is 16.5. The minimum absolute atomic E-state index is 0.249. The van der Waals surface area contributed by atoms with Gasteiger partial charge in [0.2, 0.25) is 11.8 Å². The van der Waals surface area contributed by atoms with Crippen LogP contribution in [-0.4, -0.2) is 38.8 Å². The van der Waals surface area contributed by atoms with Gasteiger partial charge in [0, 0.05) is 31.3 Å². The van der Waals surface area contributed by atoms with Gasteiger partial charge in [0.25, 0.3) is 0 Å². The van der Waals surface area contributed by atoms with Crippen molar-refractivity contribution in [2.24, 2.45) is 11.7 Å². The van der Waals surface area contributed by atoms with Crippen LogP contribution in [0.4, 0.5) is 0 Å². The largest absolute Gasteiger partial charge is 0.468 e. The standard InChI is InChI=1S/C18H20N4O3/c1-18-11-13(12-5-2-3-6-14(12)25-18)15(16(19)23)17(24)22(18)10-9-21-8-4-7-20-21/h2-8,13,15H,9-11H2,1H3,(H2,19,23)/t13-,15-,18-/m0/s1. The van der Waals surface area contributed by atoms with Crippen LogP contribution in [0.2, 0.25) is 0 Å². The summed E-state index contributed by atoms with van der Waals surface area (Å²) in [5, 5.41) is 4.16. The molecular formula is C18H20N4O3. The number of hydrogen-bond donors (Lipinski definition) is 1. The number of nitrogens with zero attached hydrogens (tertiary/aromatic N) is 3. The number of aromatic nitrogens is 2. The fourth-order valence-electron chi connectivity index (χ4n) is 4.01. The molecule has 1 aromatic carbocycles. The van der Waals surface area contributed by atoms with E-state index in [0.717, 1.165) is 5.56 Å². The average Bonchev–Trinajstić information content (AvgIpc) is 3.07. The highest BCUT2D eigenvalue weighted by Crippen LogP contribution is 2.49. The molecular weight excluding hydrogens is 320 g/mol. The molecule has 130 valence electrons. The predicted octanol–water partition coefficient (Wildman–Crippen LogP) is 1.11. The first kappa shape index (κ1) is 15.7. The number of fused-ring (bicyclic) bond motifs is 4. The van der Waals surface area contributed by atoms with Gasteiger partial charge in [-0.3, -0.25) is 14.3 Å². The Bertz CT molecular complexity index is 819. The zero-order chi connectivity index (χ0) is 17.6. The highest BCUT2D eigenvalue weighted by molar-refractivity contribution is 6.01. The van der Waals surface area contributed by atoms with E-state index in [2.05, 4.69) is 5.10 Å². The maximum absolute atomic E-state index is 13.1. The molecule has 3 heterocycles. The normalized spacial score (nSPS) is 27.6. The summed E-state index contributed by atoms with van der Waals surface area (Å²) in [4.78, 5) is 26.8. The number of carbonyl (C=O) groups excluding carboxylic acids is 2. The molecule has 25 heavy (non-hydrogen) atoms. The molecule has 1 aromatic heterocycles. The van der Waals surface area contributed by atoms with E-state index in [1.807, 2.05) is 43.5 Å². The molecule has 0 aliphatic carbocycles. The average molecular weight is 340 g/mol. The number of likely N-dealkylation sites (tertiary alicyclic amines) is 1. The Hall–Kier alpha value is -2.83. The summed E-state index contributed by atoms with van der Waals surface area (Å²) >= 11 is 0. The number of rotatable bonds is 4. The predicted molar refractivity (Wildman–Crippen MR) is 89.5 cm³/mol. The van der Waals surface area contributed by atoms with Crippen molar-refractivity contribution in [2.45, 2.75) is 31.5 Å². The second-order valence-corrected chi connectivity index (χ2v) is 6.76. The fraction of sp³-hybridized carbons (Fsp3) is 0.389. The Morgan fingerprint density at radius 1 is 1.36 bits per heavy atom. The summed E-state index contributed by atoms with van der Waals surface area (Å²) in [5.41, 5.74) is 5.68. The molecule has 3 atom stereocenters. The molecule has 1 saturated heterocycles. The molecule has 4 rings (SSSR count). The number of amides is 2. The summed E-state index contributed by atoms with van der Waals surface area (Å²) < 4.78 is 7.94. The molecule has 7 nitrogen and oxygen atoms in total. The number of benzene rings is 1. The number of piperidine rings is 1. The SMILES string of the molecule is C[C@@]12C[C@@H](c3ccccc3O1)[C@@H](C(N)=O)C(=O)N2CCn1cccn1. The van der Waals surface area contributed by atoms with Crippen LogP contribution < -0.4 is 10.5 Å². The molecule has 2 aromatic rings. The first-order chi connectivity index (χ1) is 12.0. The van der Waals surface area contributed by atoms with Gasteiger partial charge < -0.3 is 15.4 Å². The van der Waals surface area contributed by atoms with E-state index in [-0.39, 0.29) is 11.8 Å². The lowest BCUT2D eigenvalue weighted by Gasteiger charge is -2.52. The lowest BCUT2D eigenvalue weighted by Crippen LogP contribution is -2.65. The van der Waals surface area contributed by atoms with Gasteiger partial charge in [-0.15, -0.1) is 0 Å². The van der Waals surface area contributed by atoms with Crippen molar-refractivity contribution < 1.29 is 14.3 Å². The van der Waals surface area contributed by atoms with Crippen LogP contribution in [0.1, 0.15) is 24.8 Å². The molecule has 0 unspecified atom stereocenters. The van der Waals surface area contributed by atoms with E-state index in [1.165, 1.54) is 0 Å². The third-order valence-corrected chi connectivity index (χ3v) is 5.17. The first-order valence-corrected chi connectivity index (χ1v) is 8.36. The molecule has 0 spiro atoms. The van der Waals surface area contributed by atoms with E-state index in [9.17, 15) is 9.59 Å². The van der Waals surface area contributed by atoms with Gasteiger partial charge in [-0.25, -0.2) is 0 Å². The van der Waals surface area contributed by atoms with Crippen molar-refractivity contribution in [3.8, 4) is 5.75 Å². The van der Waals surface area contributed by atoms with Crippen LogP contribution >= 0.6 is 0 Å². The third kappa shape index (κ3) is 2.47. The molecule has 2 N–H and O–H groups in total. The van der Waals surface area contributed by atoms with E-state index in [4.69, 9.17) is 10.5 Å². The Labute approximate surface area is 145 Å². The maximum Gasteiger partial charge on any atom is 0.238 e. The van der Waals surface area contributed by atoms with Crippen molar-refractivity contribution in [1.82, 2.24) is 14.7 Å². The summed E-state index contributed by atoms with van der Waals surface area (Å²) in [5.74, 6) is -1.26. The zero-order valence-electron chi connectivity index (χ0n) is 14.0. The Kier molecular flexibility index (Phi) is 3.52. The highest BCUT2D eigenvalue weighted by Gasteiger charge is 2.55. The van der Waals surface area contributed by atoms with E-state index in [0.29, 0.717) is 25.3 Å². The monoisotopic (exact) mass is 340 g/mol. The third-order valence-electron chi connectivity index (χ3n) is 5.17. The number of carbonyl (C=O) groups is 2. The minimum atomic E-state index is -0.865. The maximum atomic E-state index is 13.1. The molecule has 7 heteroatoms. The molecule has 1 fully saturated rings. The van der Waals surface area contributed by atoms with Crippen LogP contribution in [0.5, 0.6) is 5.75 Å². The summed E-state index contributed by atoms with van der Waals surface area (Å²) in [6, 6.07) is 9.38. The van der Waals surface area contributed by atoms with Gasteiger partial charge >= 0.3 is 0 Å². The van der Waals surface area contributed by atoms with Crippen molar-refractivity contribution in [3.05, 3.63) is 48.3 Å². The number of primary amides is 1. The van der Waals surface area contributed by atoms with Gasteiger partial charge in [-0.1, -0.05) is 18.2 Å². The van der Waals surface area contributed by atoms with E-state index < -0.39 is 17.6 Å². The summed E-state index contributed by atoms with van der Waals surface area (Å²) in [6.07, 6.45) is 4.07. The van der Waals surface area contributed by atoms with Crippen molar-refractivity contribution >= 4 is 11.8 Å². The number of para-hydroxylation sites is 1. The summed E-state index contributed by atoms with van der Waals surface area (Å²) in [7, 11) is 0. The zero-order valence-corrected chi connectivity index (χ0v) is 14.0. The molecule has 2 bridgehead atoms. The number of nitrogens with two attached hydrogens (primary N) is 1. The lowest BCUT2D eigenvalue weighted by molar-refractivity contribution is -0.175. The van der Waals surface area contributed by atoms with Crippen LogP contribution in [0.25, 0.3) is 0 Å². The van der Waals surface area contributed by atoms with Crippen molar-refractivity contribution in [2.75, 3.05) is 6.54 Å². The molecule has 2 aliphatic heterocycles. The van der Waals surface area contributed by atoms with Gasteiger partial charge in [0.05, 0.1) is 6.54 Å². The second kappa shape index (κ2) is 5.61. The van der Waals surface area contributed by atoms with Crippen LogP contribution in [0.15, 0.2) is 42.7 Å². The van der Waals surface area contributed by atoms with Gasteiger partial charge in [-0.2, -0.15) is 5.10 Å². The Balaban J connectivity index is 1.71. The first-order valence-electron chi connectivity index (χ1n) is 8.36. The minimum Gasteiger partial charge on any atom is -0.468 e. The summed E-state index contributed by atoms with van der Waals surface area (Å²) in [6.45, 7) is 2.82. The smallest absolute Gasteiger partial charge is 0.238 e. The topological polar surface area (TPSA) is 90.5 Å². The Morgan fingerprint density at radius 3 is 2.88 bits per heavy atom. The van der Waals surface area contributed by atoms with E-state index in [1.54, 1.807) is 15.8 Å². The van der Waals surface area contributed by atoms with Gasteiger partial charge in [-0.05, 0) is 24.6 Å². The van der Waals surface area contributed by atoms with Gasteiger partial charge in [0.1, 0.15) is 11.7 Å². The van der Waals surface area contributed by atoms with Crippen LogP contribution in [0.3, 0.4) is 0 Å². The molecule has 0 radical (unpaired) electrons. The quantitative estimate of drug-likeness (QED) is 0.844. The fourth-order valence-corrected chi connectivity index (χ4v) is 4.01. The molecule has 2 aliphatic rings.